The minimum Gasteiger partial charge on any atom is -0.300 e. The molecule has 0 amide bonds. The van der Waals surface area contributed by atoms with E-state index < -0.39 is 10.1 Å². The van der Waals surface area contributed by atoms with Gasteiger partial charge in [0.2, 0.25) is 0 Å². The van der Waals surface area contributed by atoms with Crippen molar-refractivity contribution in [1.82, 2.24) is 0 Å². The molecule has 0 bridgehead atoms. The first-order chi connectivity index (χ1) is 12.4. The molecule has 0 aromatic heterocycles. The Morgan fingerprint density at radius 3 is 1.77 bits per heavy atom. The topological polar surface area (TPSA) is 78.2 Å². The van der Waals surface area contributed by atoms with Gasteiger partial charge in [-0.25, -0.2) is 0 Å². The highest BCUT2D eigenvalue weighted by molar-refractivity contribution is 7.85. The number of hydrogen-bond acceptors (Lipinski definition) is 3. The first-order valence-electron chi connectivity index (χ1n) is 8.78. The van der Waals surface area contributed by atoms with Crippen LogP contribution in [0.2, 0.25) is 0 Å². The quantitative estimate of drug-likeness (QED) is 0.345. The Morgan fingerprint density at radius 2 is 1.31 bits per heavy atom. The Bertz CT molecular complexity index is 825. The Labute approximate surface area is 155 Å². The van der Waals surface area contributed by atoms with Crippen molar-refractivity contribution < 1.29 is 13.0 Å². The molecule has 5 heteroatoms. The molecule has 2 aromatic rings. The average molecular weight is 372 g/mol. The summed E-state index contributed by atoms with van der Waals surface area (Å²) in [6.45, 7) is 3.58. The number of allylic oxidation sites excluding steroid dienone is 1. The third-order valence-electron chi connectivity index (χ3n) is 4.24. The van der Waals surface area contributed by atoms with Gasteiger partial charge in [-0.1, -0.05) is 67.4 Å². The van der Waals surface area contributed by atoms with E-state index >= 15 is 0 Å². The molecule has 2 aromatic carbocycles. The second-order valence-corrected chi connectivity index (χ2v) is 7.82. The molecular formula is C21H25NO3S. The van der Waals surface area contributed by atoms with E-state index in [0.29, 0.717) is 12.1 Å². The summed E-state index contributed by atoms with van der Waals surface area (Å²) in [5.74, 6) is -0.110. The van der Waals surface area contributed by atoms with Crippen LogP contribution in [-0.2, 0) is 10.1 Å². The molecule has 0 saturated carbocycles. The lowest BCUT2D eigenvalue weighted by Crippen LogP contribution is -2.03. The van der Waals surface area contributed by atoms with E-state index in [0.717, 1.165) is 36.8 Å². The molecule has 4 nitrogen and oxygen atoms in total. The third kappa shape index (κ3) is 5.64. The summed E-state index contributed by atoms with van der Waals surface area (Å²) in [6.07, 6.45) is 6.29. The highest BCUT2D eigenvalue weighted by Gasteiger charge is 2.21. The summed E-state index contributed by atoms with van der Waals surface area (Å²) in [7, 11) is -3.74. The minimum atomic E-state index is -3.74. The molecule has 138 valence electrons. The van der Waals surface area contributed by atoms with Crippen LogP contribution in [0.15, 0.2) is 61.2 Å². The van der Waals surface area contributed by atoms with Crippen molar-refractivity contribution in [2.75, 3.05) is 5.75 Å². The SMILES string of the molecule is C=CCCCCCCS(=O)(=O)O.N=C1c2ccccc2-c2ccccc21. The number of fused-ring (bicyclic) bond motifs is 3. The summed E-state index contributed by atoms with van der Waals surface area (Å²) in [5.41, 5.74) is 5.12. The molecule has 0 atom stereocenters. The van der Waals surface area contributed by atoms with E-state index in [9.17, 15) is 8.42 Å². The van der Waals surface area contributed by atoms with E-state index in [1.54, 1.807) is 0 Å². The fraction of sp³-hybridized carbons (Fsp3) is 0.286. The lowest BCUT2D eigenvalue weighted by atomic mass is 10.1. The maximum absolute atomic E-state index is 10.3. The molecule has 0 fully saturated rings. The number of unbranched alkanes of at least 4 members (excludes halogenated alkanes) is 4. The molecule has 0 saturated heterocycles. The van der Waals surface area contributed by atoms with Crippen molar-refractivity contribution in [2.24, 2.45) is 0 Å². The predicted molar refractivity (Wildman–Crippen MR) is 108 cm³/mol. The molecule has 0 heterocycles. The first-order valence-corrected chi connectivity index (χ1v) is 10.4. The van der Waals surface area contributed by atoms with E-state index in [1.165, 1.54) is 11.1 Å². The summed E-state index contributed by atoms with van der Waals surface area (Å²) >= 11 is 0. The van der Waals surface area contributed by atoms with Crippen molar-refractivity contribution >= 4 is 15.8 Å². The van der Waals surface area contributed by atoms with Crippen LogP contribution in [0.4, 0.5) is 0 Å². The first kappa shape index (κ1) is 20.1. The molecule has 2 N–H and O–H groups in total. The van der Waals surface area contributed by atoms with E-state index in [4.69, 9.17) is 9.96 Å². The fourth-order valence-corrected chi connectivity index (χ4v) is 3.51. The van der Waals surface area contributed by atoms with Gasteiger partial charge in [-0.2, -0.15) is 8.42 Å². The Morgan fingerprint density at radius 1 is 0.846 bits per heavy atom. The molecule has 0 aliphatic heterocycles. The van der Waals surface area contributed by atoms with Crippen LogP contribution in [0.25, 0.3) is 11.1 Å². The van der Waals surface area contributed by atoms with Gasteiger partial charge in [0.25, 0.3) is 10.1 Å². The summed E-state index contributed by atoms with van der Waals surface area (Å²) < 4.78 is 28.9. The Kier molecular flexibility index (Phi) is 7.30. The van der Waals surface area contributed by atoms with Crippen LogP contribution in [-0.4, -0.2) is 24.4 Å². The third-order valence-corrected chi connectivity index (χ3v) is 5.05. The number of rotatable bonds is 7. The van der Waals surface area contributed by atoms with Crippen molar-refractivity contribution in [3.8, 4) is 11.1 Å². The predicted octanol–water partition coefficient (Wildman–Crippen LogP) is 5.09. The molecule has 0 spiro atoms. The standard InChI is InChI=1S/C13H9N.C8H16O3S/c14-13-11-7-3-1-5-9(11)10-6-2-4-8-12(10)13;1-2-3-4-5-6-7-8-12(9,10)11/h1-8,14H;2H,1,3-8H2,(H,9,10,11). The average Bonchev–Trinajstić information content (AvgIpc) is 2.91. The minimum absolute atomic E-state index is 0.110. The molecule has 1 aliphatic carbocycles. The van der Waals surface area contributed by atoms with Gasteiger partial charge in [0.05, 0.1) is 11.5 Å². The lowest BCUT2D eigenvalue weighted by Gasteiger charge is -1.97. The maximum Gasteiger partial charge on any atom is 0.264 e. The molecule has 0 unspecified atom stereocenters. The molecular weight excluding hydrogens is 346 g/mol. The number of hydrogen-bond donors (Lipinski definition) is 2. The van der Waals surface area contributed by atoms with Gasteiger partial charge in [-0.05, 0) is 30.4 Å². The largest absolute Gasteiger partial charge is 0.300 e. The highest BCUT2D eigenvalue weighted by Crippen LogP contribution is 2.35. The molecule has 1 aliphatic rings. The Hall–Kier alpha value is -2.24. The lowest BCUT2D eigenvalue weighted by molar-refractivity contribution is 0.479. The van der Waals surface area contributed by atoms with Crippen molar-refractivity contribution in [3.05, 3.63) is 72.3 Å². The van der Waals surface area contributed by atoms with E-state index in [1.807, 2.05) is 42.5 Å². The smallest absolute Gasteiger partial charge is 0.264 e. The van der Waals surface area contributed by atoms with E-state index in [2.05, 4.69) is 18.7 Å². The zero-order valence-electron chi connectivity index (χ0n) is 14.8. The number of benzene rings is 2. The second kappa shape index (κ2) is 9.46. The van der Waals surface area contributed by atoms with Gasteiger partial charge < -0.3 is 0 Å². The van der Waals surface area contributed by atoms with Gasteiger partial charge in [-0.15, -0.1) is 6.58 Å². The molecule has 26 heavy (non-hydrogen) atoms. The maximum atomic E-state index is 10.3. The monoisotopic (exact) mass is 371 g/mol. The summed E-state index contributed by atoms with van der Waals surface area (Å²) in [5, 5.41) is 8.01. The zero-order valence-corrected chi connectivity index (χ0v) is 15.6. The highest BCUT2D eigenvalue weighted by atomic mass is 32.2. The van der Waals surface area contributed by atoms with Crippen LogP contribution < -0.4 is 0 Å². The number of nitrogens with one attached hydrogen (secondary N) is 1. The van der Waals surface area contributed by atoms with Gasteiger partial charge in [0, 0.05) is 11.1 Å². The zero-order chi connectivity index (χ0) is 19.0. The summed E-state index contributed by atoms with van der Waals surface area (Å²) in [4.78, 5) is 0. The second-order valence-electron chi connectivity index (χ2n) is 6.24. The van der Waals surface area contributed by atoms with Crippen molar-refractivity contribution in [1.29, 1.82) is 5.41 Å². The van der Waals surface area contributed by atoms with Crippen molar-refractivity contribution in [2.45, 2.75) is 32.1 Å². The molecule has 0 radical (unpaired) electrons. The van der Waals surface area contributed by atoms with Crippen LogP contribution in [0.5, 0.6) is 0 Å². The van der Waals surface area contributed by atoms with Gasteiger partial charge in [0.15, 0.2) is 0 Å². The van der Waals surface area contributed by atoms with Gasteiger partial charge in [0.1, 0.15) is 0 Å². The fourth-order valence-electron chi connectivity index (χ4n) is 2.94. The van der Waals surface area contributed by atoms with Gasteiger partial charge >= 0.3 is 0 Å². The van der Waals surface area contributed by atoms with Crippen LogP contribution in [0.3, 0.4) is 0 Å². The van der Waals surface area contributed by atoms with Crippen LogP contribution in [0.1, 0.15) is 43.2 Å². The summed E-state index contributed by atoms with van der Waals surface area (Å²) in [6, 6.07) is 16.2. The van der Waals surface area contributed by atoms with Crippen LogP contribution >= 0.6 is 0 Å². The van der Waals surface area contributed by atoms with E-state index in [-0.39, 0.29) is 5.75 Å². The van der Waals surface area contributed by atoms with Crippen molar-refractivity contribution in [3.63, 3.8) is 0 Å². The van der Waals surface area contributed by atoms with Crippen LogP contribution in [0, 0.1) is 5.41 Å². The normalized spacial score (nSPS) is 12.0. The van der Waals surface area contributed by atoms with Gasteiger partial charge in [-0.3, -0.25) is 9.96 Å². The Balaban J connectivity index is 0.000000191. The molecule has 3 rings (SSSR count).